The maximum atomic E-state index is 4.93. The smallest absolute Gasteiger partial charge is 0.162 e. The maximum Gasteiger partial charge on any atom is 0.162 e. The quantitative estimate of drug-likeness (QED) is 0.568. The van der Waals surface area contributed by atoms with Gasteiger partial charge in [-0.25, -0.2) is 0 Å². The Kier molecular flexibility index (Phi) is 2.26. The Labute approximate surface area is 59.8 Å². The topological polar surface area (TPSA) is 26.0 Å². The molecule has 0 saturated carbocycles. The summed E-state index contributed by atoms with van der Waals surface area (Å²) in [6.07, 6.45) is 6.75. The fourth-order valence-electron chi connectivity index (χ4n) is 0.849. The highest BCUT2D eigenvalue weighted by Crippen LogP contribution is 1.73. The van der Waals surface area contributed by atoms with E-state index in [4.69, 9.17) is 4.52 Å². The van der Waals surface area contributed by atoms with Crippen LogP contribution in [0.4, 0.5) is 0 Å². The van der Waals surface area contributed by atoms with Gasteiger partial charge < -0.3 is 4.52 Å². The molecule has 0 bridgehead atoms. The van der Waals surface area contributed by atoms with Gasteiger partial charge in [0.15, 0.2) is 5.42 Å². The van der Waals surface area contributed by atoms with Gasteiger partial charge in [0.2, 0.25) is 0 Å². The molecule has 0 aliphatic rings. The van der Waals surface area contributed by atoms with Crippen molar-refractivity contribution in [2.75, 3.05) is 0 Å². The van der Waals surface area contributed by atoms with Crippen molar-refractivity contribution in [3.05, 3.63) is 16.8 Å². The standard InChI is InChI=1S/C8H11NO/c1-3-5-7-6-9-10-8(7)4-2/h4-6H,3H2,1-2H3/b7-5-,8-4+. The molecular weight excluding hydrogens is 126 g/mol. The molecule has 0 aliphatic carbocycles. The van der Waals surface area contributed by atoms with Crippen molar-refractivity contribution in [2.45, 2.75) is 20.3 Å². The molecule has 54 valence electrons. The Hall–Kier alpha value is -1.05. The van der Waals surface area contributed by atoms with Gasteiger partial charge in [-0.05, 0) is 19.4 Å². The lowest BCUT2D eigenvalue weighted by molar-refractivity contribution is 0.393. The molecule has 0 unspecified atom stereocenters. The monoisotopic (exact) mass is 137 g/mol. The molecule has 0 spiro atoms. The molecule has 0 aliphatic heterocycles. The molecule has 1 rings (SSSR count). The van der Waals surface area contributed by atoms with Crippen LogP contribution >= 0.6 is 0 Å². The first-order chi connectivity index (χ1) is 4.88. The maximum absolute atomic E-state index is 4.93. The van der Waals surface area contributed by atoms with Crippen LogP contribution in [0.5, 0.6) is 0 Å². The average molecular weight is 137 g/mol. The Balaban J connectivity index is 3.28. The summed E-state index contributed by atoms with van der Waals surface area (Å²) in [5, 5.41) is 4.76. The van der Waals surface area contributed by atoms with Crippen LogP contribution in [-0.2, 0) is 0 Å². The van der Waals surface area contributed by atoms with Crippen molar-refractivity contribution in [1.82, 2.24) is 5.16 Å². The molecule has 1 aromatic heterocycles. The van der Waals surface area contributed by atoms with Crippen LogP contribution in [0.15, 0.2) is 10.7 Å². The van der Waals surface area contributed by atoms with Gasteiger partial charge in [0.1, 0.15) is 0 Å². The minimum atomic E-state index is 0.863. The van der Waals surface area contributed by atoms with Gasteiger partial charge in [0, 0.05) is 5.22 Å². The SMILES string of the molecule is C/C=c1/onc/c1=C/CC. The molecule has 0 fully saturated rings. The van der Waals surface area contributed by atoms with Crippen molar-refractivity contribution >= 4 is 12.2 Å². The highest BCUT2D eigenvalue weighted by molar-refractivity contribution is 5.23. The molecule has 0 atom stereocenters. The highest BCUT2D eigenvalue weighted by atomic mass is 16.5. The van der Waals surface area contributed by atoms with Crippen LogP contribution < -0.4 is 10.6 Å². The van der Waals surface area contributed by atoms with E-state index in [1.54, 1.807) is 6.20 Å². The van der Waals surface area contributed by atoms with Crippen LogP contribution in [0.3, 0.4) is 0 Å². The van der Waals surface area contributed by atoms with Crippen LogP contribution in [0.2, 0.25) is 0 Å². The van der Waals surface area contributed by atoms with Crippen molar-refractivity contribution < 1.29 is 4.52 Å². The molecular formula is C8H11NO. The average Bonchev–Trinajstić information content (AvgIpc) is 2.36. The van der Waals surface area contributed by atoms with Gasteiger partial charge in [-0.1, -0.05) is 18.2 Å². The summed E-state index contributed by atoms with van der Waals surface area (Å²) >= 11 is 0. The fourth-order valence-corrected chi connectivity index (χ4v) is 0.849. The molecule has 0 aromatic carbocycles. The molecule has 0 radical (unpaired) electrons. The van der Waals surface area contributed by atoms with Crippen LogP contribution in [-0.4, -0.2) is 5.16 Å². The summed E-state index contributed by atoms with van der Waals surface area (Å²) < 4.78 is 4.93. The zero-order chi connectivity index (χ0) is 7.40. The van der Waals surface area contributed by atoms with Gasteiger partial charge in [0.25, 0.3) is 0 Å². The lowest BCUT2D eigenvalue weighted by Gasteiger charge is -1.72. The molecule has 0 amide bonds. The van der Waals surface area contributed by atoms with Gasteiger partial charge in [0.05, 0.1) is 6.20 Å². The number of nitrogens with zero attached hydrogens (tertiary/aromatic N) is 1. The predicted molar refractivity (Wildman–Crippen MR) is 40.6 cm³/mol. The lowest BCUT2D eigenvalue weighted by Crippen LogP contribution is -2.18. The molecule has 1 heterocycles. The van der Waals surface area contributed by atoms with E-state index in [1.807, 2.05) is 13.0 Å². The van der Waals surface area contributed by atoms with E-state index in [1.165, 1.54) is 0 Å². The summed E-state index contributed by atoms with van der Waals surface area (Å²) in [6, 6.07) is 0. The number of hydrogen-bond donors (Lipinski definition) is 0. The van der Waals surface area contributed by atoms with Crippen molar-refractivity contribution in [2.24, 2.45) is 0 Å². The fraction of sp³-hybridized carbons (Fsp3) is 0.375. The zero-order valence-corrected chi connectivity index (χ0v) is 6.29. The molecule has 0 N–H and O–H groups in total. The summed E-state index contributed by atoms with van der Waals surface area (Å²) in [4.78, 5) is 0. The van der Waals surface area contributed by atoms with Crippen molar-refractivity contribution in [1.29, 1.82) is 0 Å². The predicted octanol–water partition coefficient (Wildman–Crippen LogP) is 0.665. The second-order valence-electron chi connectivity index (χ2n) is 2.05. The molecule has 1 aromatic rings. The zero-order valence-electron chi connectivity index (χ0n) is 6.29. The van der Waals surface area contributed by atoms with Gasteiger partial charge in [-0.3, -0.25) is 0 Å². The van der Waals surface area contributed by atoms with E-state index < -0.39 is 0 Å². The second kappa shape index (κ2) is 3.20. The molecule has 2 nitrogen and oxygen atoms in total. The van der Waals surface area contributed by atoms with E-state index in [-0.39, 0.29) is 0 Å². The summed E-state index contributed by atoms with van der Waals surface area (Å²) in [5.41, 5.74) is 0.863. The van der Waals surface area contributed by atoms with Crippen LogP contribution in [0.25, 0.3) is 12.2 Å². The first-order valence-corrected chi connectivity index (χ1v) is 3.45. The normalized spacial score (nSPS) is 14.6. The van der Waals surface area contributed by atoms with Crippen molar-refractivity contribution in [3.8, 4) is 0 Å². The van der Waals surface area contributed by atoms with Crippen LogP contribution in [0.1, 0.15) is 20.3 Å². The first kappa shape index (κ1) is 7.06. The first-order valence-electron chi connectivity index (χ1n) is 3.45. The Morgan fingerprint density at radius 1 is 1.70 bits per heavy atom. The summed E-state index contributed by atoms with van der Waals surface area (Å²) in [5.74, 6) is 0. The van der Waals surface area contributed by atoms with E-state index in [0.717, 1.165) is 17.1 Å². The molecule has 0 saturated heterocycles. The lowest BCUT2D eigenvalue weighted by atomic mass is 10.3. The van der Waals surface area contributed by atoms with E-state index in [9.17, 15) is 0 Å². The summed E-state index contributed by atoms with van der Waals surface area (Å²) in [7, 11) is 0. The highest BCUT2D eigenvalue weighted by Gasteiger charge is 1.85. The minimum Gasteiger partial charge on any atom is -0.357 e. The van der Waals surface area contributed by atoms with Crippen molar-refractivity contribution in [3.63, 3.8) is 0 Å². The molecule has 2 heteroatoms. The molecule has 10 heavy (non-hydrogen) atoms. The van der Waals surface area contributed by atoms with E-state index >= 15 is 0 Å². The number of rotatable bonds is 1. The number of aromatic nitrogens is 1. The van der Waals surface area contributed by atoms with Crippen LogP contribution in [0, 0.1) is 0 Å². The van der Waals surface area contributed by atoms with Gasteiger partial charge >= 0.3 is 0 Å². The van der Waals surface area contributed by atoms with E-state index in [0.29, 0.717) is 0 Å². The third kappa shape index (κ3) is 1.26. The Morgan fingerprint density at radius 2 is 2.50 bits per heavy atom. The third-order valence-electron chi connectivity index (χ3n) is 1.31. The third-order valence-corrected chi connectivity index (χ3v) is 1.31. The van der Waals surface area contributed by atoms with Gasteiger partial charge in [-0.15, -0.1) is 0 Å². The summed E-state index contributed by atoms with van der Waals surface area (Å²) in [6.45, 7) is 4.03. The number of hydrogen-bond acceptors (Lipinski definition) is 2. The largest absolute Gasteiger partial charge is 0.357 e. The Morgan fingerprint density at radius 3 is 3.10 bits per heavy atom. The van der Waals surface area contributed by atoms with Gasteiger partial charge in [-0.2, -0.15) is 0 Å². The minimum absolute atomic E-state index is 0.863. The van der Waals surface area contributed by atoms with E-state index in [2.05, 4.69) is 18.2 Å². The second-order valence-corrected chi connectivity index (χ2v) is 2.05. The Bertz CT molecular complexity index is 297.